The number of hydrogen-bond donors (Lipinski definition) is 3. The SMILES string of the molecule is CCNC(=NCC1CCCC1O)NC1CCN(c2cccc(C)n2)CC1. The van der Waals surface area contributed by atoms with E-state index in [4.69, 9.17) is 4.99 Å². The molecule has 1 aromatic rings. The van der Waals surface area contributed by atoms with Crippen LogP contribution in [-0.2, 0) is 0 Å². The molecule has 0 spiro atoms. The summed E-state index contributed by atoms with van der Waals surface area (Å²) >= 11 is 0. The molecular formula is C20H33N5O. The Bertz CT molecular complexity index is 598. The third kappa shape index (κ3) is 5.10. The first kappa shape index (κ1) is 19.0. The van der Waals surface area contributed by atoms with Crippen molar-refractivity contribution in [2.45, 2.75) is 58.1 Å². The van der Waals surface area contributed by atoms with Crippen molar-refractivity contribution in [2.24, 2.45) is 10.9 Å². The Kier molecular flexibility index (Phi) is 6.72. The Labute approximate surface area is 157 Å². The van der Waals surface area contributed by atoms with E-state index in [9.17, 15) is 5.11 Å². The van der Waals surface area contributed by atoms with Crippen LogP contribution in [0.2, 0.25) is 0 Å². The van der Waals surface area contributed by atoms with Gasteiger partial charge in [0.1, 0.15) is 5.82 Å². The molecule has 2 heterocycles. The van der Waals surface area contributed by atoms with Gasteiger partial charge < -0.3 is 20.6 Å². The van der Waals surface area contributed by atoms with Crippen molar-refractivity contribution in [3.8, 4) is 0 Å². The molecule has 144 valence electrons. The molecule has 2 aliphatic rings. The Morgan fingerprint density at radius 1 is 1.27 bits per heavy atom. The molecule has 0 amide bonds. The molecule has 6 heteroatoms. The van der Waals surface area contributed by atoms with Gasteiger partial charge in [0.2, 0.25) is 0 Å². The predicted molar refractivity (Wildman–Crippen MR) is 107 cm³/mol. The average molecular weight is 360 g/mol. The maximum absolute atomic E-state index is 9.99. The quantitative estimate of drug-likeness (QED) is 0.554. The first-order valence-electron chi connectivity index (χ1n) is 10.1. The van der Waals surface area contributed by atoms with Crippen molar-refractivity contribution >= 4 is 11.8 Å². The van der Waals surface area contributed by atoms with Gasteiger partial charge in [0.05, 0.1) is 6.10 Å². The number of rotatable bonds is 5. The molecular weight excluding hydrogens is 326 g/mol. The molecule has 26 heavy (non-hydrogen) atoms. The van der Waals surface area contributed by atoms with Crippen molar-refractivity contribution in [3.05, 3.63) is 23.9 Å². The van der Waals surface area contributed by atoms with E-state index in [1.165, 1.54) is 0 Å². The van der Waals surface area contributed by atoms with Gasteiger partial charge >= 0.3 is 0 Å². The summed E-state index contributed by atoms with van der Waals surface area (Å²) < 4.78 is 0. The molecule has 0 bridgehead atoms. The van der Waals surface area contributed by atoms with Gasteiger partial charge in [-0.1, -0.05) is 12.5 Å². The molecule has 2 atom stereocenters. The second-order valence-corrected chi connectivity index (χ2v) is 7.52. The lowest BCUT2D eigenvalue weighted by molar-refractivity contribution is 0.136. The highest BCUT2D eigenvalue weighted by atomic mass is 16.3. The smallest absolute Gasteiger partial charge is 0.191 e. The van der Waals surface area contributed by atoms with E-state index in [2.05, 4.69) is 39.6 Å². The van der Waals surface area contributed by atoms with Crippen LogP contribution in [0.3, 0.4) is 0 Å². The summed E-state index contributed by atoms with van der Waals surface area (Å²) in [5.41, 5.74) is 1.07. The van der Waals surface area contributed by atoms with Gasteiger partial charge in [0.25, 0.3) is 0 Å². The lowest BCUT2D eigenvalue weighted by Crippen LogP contribution is -2.49. The van der Waals surface area contributed by atoms with Gasteiger partial charge in [-0.3, -0.25) is 4.99 Å². The maximum Gasteiger partial charge on any atom is 0.191 e. The van der Waals surface area contributed by atoms with E-state index in [0.717, 1.165) is 69.2 Å². The van der Waals surface area contributed by atoms with Crippen LogP contribution < -0.4 is 15.5 Å². The van der Waals surface area contributed by atoms with Gasteiger partial charge in [0, 0.05) is 43.8 Å². The highest BCUT2D eigenvalue weighted by molar-refractivity contribution is 5.80. The zero-order valence-electron chi connectivity index (χ0n) is 16.1. The zero-order chi connectivity index (χ0) is 18.4. The van der Waals surface area contributed by atoms with Crippen molar-refractivity contribution in [3.63, 3.8) is 0 Å². The van der Waals surface area contributed by atoms with Crippen LogP contribution in [0.5, 0.6) is 0 Å². The highest BCUT2D eigenvalue weighted by Crippen LogP contribution is 2.25. The van der Waals surface area contributed by atoms with Gasteiger partial charge in [0.15, 0.2) is 5.96 Å². The molecule has 2 fully saturated rings. The molecule has 3 N–H and O–H groups in total. The lowest BCUT2D eigenvalue weighted by Gasteiger charge is -2.34. The summed E-state index contributed by atoms with van der Waals surface area (Å²) in [5, 5.41) is 16.9. The number of pyridine rings is 1. The van der Waals surface area contributed by atoms with Gasteiger partial charge in [-0.15, -0.1) is 0 Å². The fourth-order valence-corrected chi connectivity index (χ4v) is 3.91. The summed E-state index contributed by atoms with van der Waals surface area (Å²) in [6.07, 6.45) is 5.11. The number of aliphatic hydroxyl groups is 1. The minimum Gasteiger partial charge on any atom is -0.393 e. The lowest BCUT2D eigenvalue weighted by atomic mass is 10.1. The van der Waals surface area contributed by atoms with Crippen molar-refractivity contribution in [1.29, 1.82) is 0 Å². The van der Waals surface area contributed by atoms with Crippen LogP contribution in [-0.4, -0.2) is 54.4 Å². The predicted octanol–water partition coefficient (Wildman–Crippen LogP) is 2.07. The molecule has 3 rings (SSSR count). The van der Waals surface area contributed by atoms with Gasteiger partial charge in [-0.05, 0) is 51.7 Å². The third-order valence-corrected chi connectivity index (χ3v) is 5.48. The molecule has 6 nitrogen and oxygen atoms in total. The molecule has 1 aliphatic carbocycles. The number of aliphatic hydroxyl groups excluding tert-OH is 1. The van der Waals surface area contributed by atoms with E-state index in [-0.39, 0.29) is 6.10 Å². The largest absolute Gasteiger partial charge is 0.393 e. The Morgan fingerprint density at radius 3 is 2.73 bits per heavy atom. The Hall–Kier alpha value is -1.82. The van der Waals surface area contributed by atoms with Crippen molar-refractivity contribution < 1.29 is 5.11 Å². The average Bonchev–Trinajstić information content (AvgIpc) is 3.05. The van der Waals surface area contributed by atoms with Crippen LogP contribution in [0.4, 0.5) is 5.82 Å². The fourth-order valence-electron chi connectivity index (χ4n) is 3.91. The minimum atomic E-state index is -0.174. The summed E-state index contributed by atoms with van der Waals surface area (Å²) in [4.78, 5) is 11.7. The summed E-state index contributed by atoms with van der Waals surface area (Å²) in [6, 6.07) is 6.65. The van der Waals surface area contributed by atoms with Crippen molar-refractivity contribution in [2.75, 3.05) is 31.1 Å². The second-order valence-electron chi connectivity index (χ2n) is 7.52. The number of aliphatic imine (C=N–C) groups is 1. The maximum atomic E-state index is 9.99. The molecule has 0 aromatic carbocycles. The standard InChI is InChI=1S/C20H33N5O/c1-3-21-20(22-14-16-7-5-8-18(16)26)24-17-10-12-25(13-11-17)19-9-4-6-15(2)23-19/h4,6,9,16-18,26H,3,5,7-8,10-14H2,1-2H3,(H2,21,22,24). The van der Waals surface area contributed by atoms with E-state index in [1.807, 2.05) is 13.0 Å². The van der Waals surface area contributed by atoms with E-state index in [0.29, 0.717) is 18.5 Å². The topological polar surface area (TPSA) is 72.8 Å². The first-order chi connectivity index (χ1) is 12.7. The minimum absolute atomic E-state index is 0.174. The highest BCUT2D eigenvalue weighted by Gasteiger charge is 2.25. The van der Waals surface area contributed by atoms with E-state index in [1.54, 1.807) is 0 Å². The fraction of sp³-hybridized carbons (Fsp3) is 0.700. The number of anilines is 1. The van der Waals surface area contributed by atoms with Crippen molar-refractivity contribution in [1.82, 2.24) is 15.6 Å². The van der Waals surface area contributed by atoms with E-state index >= 15 is 0 Å². The first-order valence-corrected chi connectivity index (χ1v) is 10.1. The number of aryl methyl sites for hydroxylation is 1. The van der Waals surface area contributed by atoms with Crippen LogP contribution in [0.25, 0.3) is 0 Å². The monoisotopic (exact) mass is 359 g/mol. The zero-order valence-corrected chi connectivity index (χ0v) is 16.1. The van der Waals surface area contributed by atoms with Crippen LogP contribution >= 0.6 is 0 Å². The molecule has 1 aliphatic heterocycles. The second kappa shape index (κ2) is 9.21. The van der Waals surface area contributed by atoms with Crippen LogP contribution in [0.15, 0.2) is 23.2 Å². The number of nitrogens with zero attached hydrogens (tertiary/aromatic N) is 3. The summed E-state index contributed by atoms with van der Waals surface area (Å²) in [5.74, 6) is 2.29. The molecule has 1 saturated heterocycles. The number of piperidine rings is 1. The van der Waals surface area contributed by atoms with Gasteiger partial charge in [-0.25, -0.2) is 4.98 Å². The van der Waals surface area contributed by atoms with Crippen LogP contribution in [0, 0.1) is 12.8 Å². The third-order valence-electron chi connectivity index (χ3n) is 5.48. The van der Waals surface area contributed by atoms with Crippen LogP contribution in [0.1, 0.15) is 44.7 Å². The summed E-state index contributed by atoms with van der Waals surface area (Å²) in [7, 11) is 0. The Morgan fingerprint density at radius 2 is 2.08 bits per heavy atom. The number of hydrogen-bond acceptors (Lipinski definition) is 4. The number of aromatic nitrogens is 1. The normalized spacial score (nSPS) is 24.7. The molecule has 2 unspecified atom stereocenters. The summed E-state index contributed by atoms with van der Waals surface area (Å²) in [6.45, 7) is 7.71. The molecule has 1 aromatic heterocycles. The van der Waals surface area contributed by atoms with Gasteiger partial charge in [-0.2, -0.15) is 0 Å². The van der Waals surface area contributed by atoms with E-state index < -0.39 is 0 Å². The Balaban J connectivity index is 1.50. The number of guanidine groups is 1. The molecule has 1 saturated carbocycles. The molecule has 0 radical (unpaired) electrons. The number of nitrogens with one attached hydrogen (secondary N) is 2.